The fourth-order valence-electron chi connectivity index (χ4n) is 0.950. The molecule has 1 aromatic rings. The van der Waals surface area contributed by atoms with Crippen molar-refractivity contribution in [1.82, 2.24) is 4.98 Å². The summed E-state index contributed by atoms with van der Waals surface area (Å²) in [6, 6.07) is 5.25. The molecule has 0 unspecified atom stereocenters. The molecule has 1 heterocycles. The molecular formula is C9H11NO2. The fourth-order valence-corrected chi connectivity index (χ4v) is 0.950. The lowest BCUT2D eigenvalue weighted by Crippen LogP contribution is -2.04. The fraction of sp³-hybridized carbons (Fsp3) is 0.333. The third kappa shape index (κ3) is 2.43. The molecular weight excluding hydrogens is 154 g/mol. The number of aliphatic hydroxyl groups is 1. The quantitative estimate of drug-likeness (QED) is 0.729. The third-order valence-corrected chi connectivity index (χ3v) is 1.51. The number of carbonyl (C=O) groups is 1. The summed E-state index contributed by atoms with van der Waals surface area (Å²) < 4.78 is 0. The Bertz CT molecular complexity index is 258. The van der Waals surface area contributed by atoms with E-state index in [1.807, 2.05) is 0 Å². The largest absolute Gasteiger partial charge is 0.386 e. The minimum atomic E-state index is -0.760. The molecule has 1 N–H and O–H groups in total. The Hall–Kier alpha value is -1.22. The molecule has 12 heavy (non-hydrogen) atoms. The molecule has 0 aliphatic carbocycles. The molecule has 0 amide bonds. The maximum atomic E-state index is 10.6. The van der Waals surface area contributed by atoms with Gasteiger partial charge in [-0.25, -0.2) is 0 Å². The van der Waals surface area contributed by atoms with Crippen molar-refractivity contribution < 1.29 is 9.90 Å². The van der Waals surface area contributed by atoms with Crippen molar-refractivity contribution in [2.45, 2.75) is 19.4 Å². The average Bonchev–Trinajstić information content (AvgIpc) is 2.05. The van der Waals surface area contributed by atoms with Gasteiger partial charge in [0, 0.05) is 12.6 Å². The summed E-state index contributed by atoms with van der Waals surface area (Å²) in [5.74, 6) is -0.0341. The summed E-state index contributed by atoms with van der Waals surface area (Å²) in [5.41, 5.74) is 0.549. The first-order chi connectivity index (χ1) is 5.70. The molecule has 0 aliphatic rings. The lowest BCUT2D eigenvalue weighted by Gasteiger charge is -2.06. The van der Waals surface area contributed by atoms with Crippen LogP contribution in [0.25, 0.3) is 0 Å². The molecule has 3 nitrogen and oxygen atoms in total. The van der Waals surface area contributed by atoms with Crippen LogP contribution < -0.4 is 0 Å². The molecule has 1 rings (SSSR count). The summed E-state index contributed by atoms with van der Waals surface area (Å²) in [4.78, 5) is 14.6. The molecule has 3 heteroatoms. The van der Waals surface area contributed by atoms with E-state index in [1.54, 1.807) is 24.4 Å². The Labute approximate surface area is 71.1 Å². The second-order valence-electron chi connectivity index (χ2n) is 2.68. The topological polar surface area (TPSA) is 50.2 Å². The number of hydrogen-bond acceptors (Lipinski definition) is 3. The molecule has 0 aliphatic heterocycles. The zero-order valence-electron chi connectivity index (χ0n) is 6.90. The second-order valence-corrected chi connectivity index (χ2v) is 2.68. The van der Waals surface area contributed by atoms with Gasteiger partial charge < -0.3 is 5.11 Å². The normalized spacial score (nSPS) is 12.5. The van der Waals surface area contributed by atoms with Crippen molar-refractivity contribution in [3.05, 3.63) is 30.1 Å². The number of Topliss-reactive ketones (excluding diaryl/α,β-unsaturated/α-hetero) is 1. The number of carbonyl (C=O) groups excluding carboxylic acids is 1. The Kier molecular flexibility index (Phi) is 2.94. The van der Waals surface area contributed by atoms with Gasteiger partial charge in [-0.1, -0.05) is 6.07 Å². The predicted octanol–water partition coefficient (Wildman–Crippen LogP) is 1.09. The van der Waals surface area contributed by atoms with Crippen molar-refractivity contribution in [1.29, 1.82) is 0 Å². The van der Waals surface area contributed by atoms with E-state index in [2.05, 4.69) is 4.98 Å². The van der Waals surface area contributed by atoms with Crippen molar-refractivity contribution >= 4 is 5.78 Å². The molecule has 0 bridgehead atoms. The van der Waals surface area contributed by atoms with E-state index in [9.17, 15) is 9.90 Å². The smallest absolute Gasteiger partial charge is 0.132 e. The zero-order chi connectivity index (χ0) is 8.97. The van der Waals surface area contributed by atoms with Crippen LogP contribution in [0, 0.1) is 0 Å². The maximum Gasteiger partial charge on any atom is 0.132 e. The second kappa shape index (κ2) is 3.97. The Morgan fingerprint density at radius 3 is 2.92 bits per heavy atom. The summed E-state index contributed by atoms with van der Waals surface area (Å²) in [6.45, 7) is 1.45. The first kappa shape index (κ1) is 8.87. The highest BCUT2D eigenvalue weighted by molar-refractivity contribution is 5.76. The Morgan fingerprint density at radius 2 is 2.42 bits per heavy atom. The molecule has 0 radical (unpaired) electrons. The van der Waals surface area contributed by atoms with Crippen molar-refractivity contribution in [2.24, 2.45) is 0 Å². The van der Waals surface area contributed by atoms with Crippen LogP contribution in [0.5, 0.6) is 0 Å². The third-order valence-electron chi connectivity index (χ3n) is 1.51. The van der Waals surface area contributed by atoms with Gasteiger partial charge in [-0.05, 0) is 19.1 Å². The highest BCUT2D eigenvalue weighted by Crippen LogP contribution is 2.12. The van der Waals surface area contributed by atoms with Gasteiger partial charge in [-0.15, -0.1) is 0 Å². The van der Waals surface area contributed by atoms with E-state index in [0.717, 1.165) is 0 Å². The van der Waals surface area contributed by atoms with E-state index in [1.165, 1.54) is 6.92 Å². The molecule has 64 valence electrons. The van der Waals surface area contributed by atoms with E-state index < -0.39 is 6.10 Å². The summed E-state index contributed by atoms with van der Waals surface area (Å²) in [6.07, 6.45) is 0.971. The SMILES string of the molecule is CC(=O)C[C@@H](O)c1ccccn1. The average molecular weight is 165 g/mol. The summed E-state index contributed by atoms with van der Waals surface area (Å²) in [5, 5.41) is 9.41. The van der Waals surface area contributed by atoms with E-state index >= 15 is 0 Å². The van der Waals surface area contributed by atoms with Crippen molar-refractivity contribution in [3.63, 3.8) is 0 Å². The minimum absolute atomic E-state index is 0.0341. The van der Waals surface area contributed by atoms with Gasteiger partial charge in [-0.3, -0.25) is 9.78 Å². The van der Waals surface area contributed by atoms with Crippen LogP contribution in [-0.2, 0) is 4.79 Å². The predicted molar refractivity (Wildman–Crippen MR) is 44.5 cm³/mol. The van der Waals surface area contributed by atoms with Crippen molar-refractivity contribution in [3.8, 4) is 0 Å². The Morgan fingerprint density at radius 1 is 1.67 bits per heavy atom. The number of hydrogen-bond donors (Lipinski definition) is 1. The highest BCUT2D eigenvalue weighted by atomic mass is 16.3. The van der Waals surface area contributed by atoms with Crippen molar-refractivity contribution in [2.75, 3.05) is 0 Å². The van der Waals surface area contributed by atoms with E-state index in [4.69, 9.17) is 0 Å². The van der Waals surface area contributed by atoms with E-state index in [-0.39, 0.29) is 12.2 Å². The monoisotopic (exact) mass is 165 g/mol. The molecule has 0 saturated carbocycles. The van der Waals surface area contributed by atoms with Crippen LogP contribution >= 0.6 is 0 Å². The van der Waals surface area contributed by atoms with Gasteiger partial charge in [0.25, 0.3) is 0 Å². The Balaban J connectivity index is 2.65. The molecule has 0 saturated heterocycles. The number of rotatable bonds is 3. The number of ketones is 1. The number of aromatic nitrogens is 1. The molecule has 1 aromatic heterocycles. The molecule has 0 spiro atoms. The number of pyridine rings is 1. The number of aliphatic hydroxyl groups excluding tert-OH is 1. The standard InChI is InChI=1S/C9H11NO2/c1-7(11)6-9(12)8-4-2-3-5-10-8/h2-5,9,12H,6H2,1H3/t9-/m1/s1. The summed E-state index contributed by atoms with van der Waals surface area (Å²) >= 11 is 0. The highest BCUT2D eigenvalue weighted by Gasteiger charge is 2.09. The van der Waals surface area contributed by atoms with Gasteiger partial charge in [0.2, 0.25) is 0 Å². The first-order valence-corrected chi connectivity index (χ1v) is 3.78. The maximum absolute atomic E-state index is 10.6. The van der Waals surface area contributed by atoms with Crippen LogP contribution in [0.3, 0.4) is 0 Å². The van der Waals surface area contributed by atoms with Gasteiger partial charge in [0.15, 0.2) is 0 Å². The minimum Gasteiger partial charge on any atom is -0.386 e. The first-order valence-electron chi connectivity index (χ1n) is 3.78. The lowest BCUT2D eigenvalue weighted by atomic mass is 10.1. The molecule has 0 aromatic carbocycles. The van der Waals surface area contributed by atoms with Crippen LogP contribution in [0.4, 0.5) is 0 Å². The van der Waals surface area contributed by atoms with Gasteiger partial charge in [0.1, 0.15) is 11.9 Å². The number of nitrogens with zero attached hydrogens (tertiary/aromatic N) is 1. The van der Waals surface area contributed by atoms with Crippen LogP contribution in [0.15, 0.2) is 24.4 Å². The van der Waals surface area contributed by atoms with Gasteiger partial charge in [-0.2, -0.15) is 0 Å². The van der Waals surface area contributed by atoms with Crippen LogP contribution in [0.2, 0.25) is 0 Å². The van der Waals surface area contributed by atoms with Crippen LogP contribution in [0.1, 0.15) is 25.1 Å². The van der Waals surface area contributed by atoms with Gasteiger partial charge in [0.05, 0.1) is 5.69 Å². The lowest BCUT2D eigenvalue weighted by molar-refractivity contribution is -0.118. The zero-order valence-corrected chi connectivity index (χ0v) is 6.90. The molecule has 1 atom stereocenters. The van der Waals surface area contributed by atoms with E-state index in [0.29, 0.717) is 5.69 Å². The van der Waals surface area contributed by atoms with Crippen LogP contribution in [-0.4, -0.2) is 15.9 Å². The summed E-state index contributed by atoms with van der Waals surface area (Å²) in [7, 11) is 0. The van der Waals surface area contributed by atoms with Gasteiger partial charge >= 0.3 is 0 Å². The molecule has 0 fully saturated rings.